The van der Waals surface area contributed by atoms with E-state index in [0.29, 0.717) is 6.04 Å². The van der Waals surface area contributed by atoms with Crippen molar-refractivity contribution < 1.29 is 0 Å². The molecule has 2 rings (SSSR count). The van der Waals surface area contributed by atoms with E-state index in [4.69, 9.17) is 5.73 Å². The molecule has 0 amide bonds. The summed E-state index contributed by atoms with van der Waals surface area (Å²) in [5, 5.41) is 0. The number of nitrogens with two attached hydrogens (primary N) is 1. The lowest BCUT2D eigenvalue weighted by Gasteiger charge is -2.28. The van der Waals surface area contributed by atoms with E-state index in [-0.39, 0.29) is 0 Å². The molecule has 1 aliphatic heterocycles. The van der Waals surface area contributed by atoms with E-state index in [2.05, 4.69) is 11.9 Å². The van der Waals surface area contributed by atoms with Gasteiger partial charge >= 0.3 is 0 Å². The van der Waals surface area contributed by atoms with Crippen LogP contribution in [0.3, 0.4) is 0 Å². The van der Waals surface area contributed by atoms with Crippen molar-refractivity contribution >= 4 is 0 Å². The third-order valence-electron chi connectivity index (χ3n) is 3.45. The highest BCUT2D eigenvalue weighted by Gasteiger charge is 2.35. The molecule has 12 heavy (non-hydrogen) atoms. The van der Waals surface area contributed by atoms with Crippen molar-refractivity contribution in [2.45, 2.75) is 31.7 Å². The van der Waals surface area contributed by atoms with Crippen LogP contribution < -0.4 is 5.73 Å². The first-order chi connectivity index (χ1) is 5.75. The van der Waals surface area contributed by atoms with Gasteiger partial charge in [0.2, 0.25) is 0 Å². The second-order valence-corrected chi connectivity index (χ2v) is 4.64. The zero-order valence-electron chi connectivity index (χ0n) is 8.00. The van der Waals surface area contributed by atoms with Crippen LogP contribution in [0.25, 0.3) is 0 Å². The van der Waals surface area contributed by atoms with Gasteiger partial charge in [0.05, 0.1) is 0 Å². The van der Waals surface area contributed by atoms with Crippen molar-refractivity contribution in [3.63, 3.8) is 0 Å². The number of nitrogens with zero attached hydrogens (tertiary/aromatic N) is 1. The summed E-state index contributed by atoms with van der Waals surface area (Å²) in [6, 6.07) is 0.560. The van der Waals surface area contributed by atoms with Crippen LogP contribution >= 0.6 is 0 Å². The lowest BCUT2D eigenvalue weighted by atomic mass is 9.91. The molecule has 1 heterocycles. The predicted octanol–water partition coefficient (Wildman–Crippen LogP) is 1.07. The minimum Gasteiger partial charge on any atom is -0.327 e. The highest BCUT2D eigenvalue weighted by atomic mass is 15.1. The molecular formula is C10H20N2. The quantitative estimate of drug-likeness (QED) is 0.668. The summed E-state index contributed by atoms with van der Waals surface area (Å²) in [4.78, 5) is 2.43. The Hall–Kier alpha value is -0.0800. The maximum absolute atomic E-state index is 5.80. The molecule has 2 N–H and O–H groups in total. The number of piperidine rings is 1. The molecule has 1 saturated carbocycles. The molecular weight excluding hydrogens is 148 g/mol. The SMILES string of the molecule is CN1CCC(CC2CC2N)CC1. The summed E-state index contributed by atoms with van der Waals surface area (Å²) in [5.41, 5.74) is 5.80. The van der Waals surface area contributed by atoms with Crippen molar-refractivity contribution in [1.29, 1.82) is 0 Å². The largest absolute Gasteiger partial charge is 0.327 e. The first-order valence-corrected chi connectivity index (χ1v) is 5.20. The van der Waals surface area contributed by atoms with Crippen molar-refractivity contribution in [3.8, 4) is 0 Å². The van der Waals surface area contributed by atoms with Gasteiger partial charge in [0.1, 0.15) is 0 Å². The standard InChI is InChI=1S/C10H20N2/c1-12-4-2-8(3-5-12)6-9-7-10(9)11/h8-10H,2-7,11H2,1H3. The van der Waals surface area contributed by atoms with E-state index < -0.39 is 0 Å². The monoisotopic (exact) mass is 168 g/mol. The van der Waals surface area contributed by atoms with Gasteiger partial charge in [0.15, 0.2) is 0 Å². The smallest absolute Gasteiger partial charge is 0.00710 e. The Morgan fingerprint density at radius 1 is 1.33 bits per heavy atom. The van der Waals surface area contributed by atoms with E-state index in [9.17, 15) is 0 Å². The molecule has 0 aromatic heterocycles. The predicted molar refractivity (Wildman–Crippen MR) is 50.9 cm³/mol. The second-order valence-electron chi connectivity index (χ2n) is 4.64. The average Bonchev–Trinajstić information content (AvgIpc) is 2.72. The lowest BCUT2D eigenvalue weighted by Crippen LogP contribution is -2.30. The van der Waals surface area contributed by atoms with Crippen molar-refractivity contribution in [1.82, 2.24) is 4.90 Å². The van der Waals surface area contributed by atoms with Gasteiger partial charge in [0, 0.05) is 6.04 Å². The lowest BCUT2D eigenvalue weighted by molar-refractivity contribution is 0.207. The normalized spacial score (nSPS) is 38.5. The minimum absolute atomic E-state index is 0.560. The third-order valence-corrected chi connectivity index (χ3v) is 3.45. The van der Waals surface area contributed by atoms with Gasteiger partial charge in [-0.1, -0.05) is 0 Å². The number of hydrogen-bond donors (Lipinski definition) is 1. The Balaban J connectivity index is 1.68. The van der Waals surface area contributed by atoms with Crippen molar-refractivity contribution in [2.24, 2.45) is 17.6 Å². The second kappa shape index (κ2) is 3.35. The summed E-state index contributed by atoms with van der Waals surface area (Å²) in [7, 11) is 2.22. The molecule has 70 valence electrons. The van der Waals surface area contributed by atoms with Crippen LogP contribution in [-0.2, 0) is 0 Å². The molecule has 2 unspecified atom stereocenters. The van der Waals surface area contributed by atoms with Crippen LogP contribution in [0.2, 0.25) is 0 Å². The summed E-state index contributed by atoms with van der Waals surface area (Å²) >= 11 is 0. The van der Waals surface area contributed by atoms with E-state index in [1.54, 1.807) is 0 Å². The van der Waals surface area contributed by atoms with Crippen molar-refractivity contribution in [2.75, 3.05) is 20.1 Å². The molecule has 0 spiro atoms. The number of hydrogen-bond acceptors (Lipinski definition) is 2. The molecule has 2 heteroatoms. The van der Waals surface area contributed by atoms with E-state index in [1.807, 2.05) is 0 Å². The molecule has 2 atom stereocenters. The minimum atomic E-state index is 0.560. The fourth-order valence-electron chi connectivity index (χ4n) is 2.27. The van der Waals surface area contributed by atoms with E-state index in [1.165, 1.54) is 38.8 Å². The first-order valence-electron chi connectivity index (χ1n) is 5.20. The van der Waals surface area contributed by atoms with Gasteiger partial charge in [-0.15, -0.1) is 0 Å². The topological polar surface area (TPSA) is 29.3 Å². The van der Waals surface area contributed by atoms with Gasteiger partial charge in [-0.25, -0.2) is 0 Å². The average molecular weight is 168 g/mol. The van der Waals surface area contributed by atoms with Gasteiger partial charge in [0.25, 0.3) is 0 Å². The molecule has 0 aromatic carbocycles. The molecule has 1 saturated heterocycles. The summed E-state index contributed by atoms with van der Waals surface area (Å²) in [5.74, 6) is 1.87. The Morgan fingerprint density at radius 3 is 2.42 bits per heavy atom. The molecule has 2 nitrogen and oxygen atoms in total. The highest BCUT2D eigenvalue weighted by molar-refractivity contribution is 4.91. The Kier molecular flexibility index (Phi) is 2.37. The van der Waals surface area contributed by atoms with Gasteiger partial charge in [-0.05, 0) is 57.7 Å². The zero-order valence-corrected chi connectivity index (χ0v) is 8.00. The zero-order chi connectivity index (χ0) is 8.55. The molecule has 0 bridgehead atoms. The summed E-state index contributed by atoms with van der Waals surface area (Å²) in [6.07, 6.45) is 5.51. The summed E-state index contributed by atoms with van der Waals surface area (Å²) < 4.78 is 0. The Bertz CT molecular complexity index is 150. The Morgan fingerprint density at radius 2 is 1.92 bits per heavy atom. The third kappa shape index (κ3) is 1.99. The molecule has 0 radical (unpaired) electrons. The number of rotatable bonds is 2. The maximum atomic E-state index is 5.80. The Labute approximate surface area is 75.1 Å². The maximum Gasteiger partial charge on any atom is 0.00710 e. The fraction of sp³-hybridized carbons (Fsp3) is 1.00. The van der Waals surface area contributed by atoms with Gasteiger partial charge in [-0.2, -0.15) is 0 Å². The molecule has 2 fully saturated rings. The van der Waals surface area contributed by atoms with Gasteiger partial charge < -0.3 is 10.6 Å². The highest BCUT2D eigenvalue weighted by Crippen LogP contribution is 2.37. The van der Waals surface area contributed by atoms with Gasteiger partial charge in [-0.3, -0.25) is 0 Å². The van der Waals surface area contributed by atoms with Crippen LogP contribution in [-0.4, -0.2) is 31.1 Å². The van der Waals surface area contributed by atoms with E-state index >= 15 is 0 Å². The fourth-order valence-corrected chi connectivity index (χ4v) is 2.27. The summed E-state index contributed by atoms with van der Waals surface area (Å²) in [6.45, 7) is 2.60. The molecule has 2 aliphatic rings. The van der Waals surface area contributed by atoms with Crippen LogP contribution in [0.15, 0.2) is 0 Å². The first kappa shape index (κ1) is 8.52. The van der Waals surface area contributed by atoms with Crippen molar-refractivity contribution in [3.05, 3.63) is 0 Å². The van der Waals surface area contributed by atoms with Crippen LogP contribution in [0.4, 0.5) is 0 Å². The van der Waals surface area contributed by atoms with Crippen LogP contribution in [0, 0.1) is 11.8 Å². The van der Waals surface area contributed by atoms with Crippen LogP contribution in [0.1, 0.15) is 25.7 Å². The van der Waals surface area contributed by atoms with Crippen LogP contribution in [0.5, 0.6) is 0 Å². The van der Waals surface area contributed by atoms with E-state index in [0.717, 1.165) is 11.8 Å². The molecule has 1 aliphatic carbocycles. The molecule has 0 aromatic rings. The number of likely N-dealkylation sites (tertiary alicyclic amines) is 1.